The first-order valence-electron chi connectivity index (χ1n) is 13.7. The number of esters is 2. The molecule has 8 heteroatoms. The lowest BCUT2D eigenvalue weighted by Crippen LogP contribution is -2.58. The summed E-state index contributed by atoms with van der Waals surface area (Å²) in [5, 5.41) is 25.9. The molecule has 2 aromatic carbocycles. The highest BCUT2D eigenvalue weighted by atomic mass is 16.5. The van der Waals surface area contributed by atoms with Crippen LogP contribution in [0.4, 0.5) is 0 Å². The van der Waals surface area contributed by atoms with Gasteiger partial charge in [-0.05, 0) is 86.4 Å². The van der Waals surface area contributed by atoms with Gasteiger partial charge in [0.05, 0.1) is 23.3 Å². The molecule has 1 saturated heterocycles. The monoisotopic (exact) mass is 520 g/mol. The van der Waals surface area contributed by atoms with Crippen LogP contribution in [0.5, 0.6) is 0 Å². The summed E-state index contributed by atoms with van der Waals surface area (Å²) in [5.41, 5.74) is 6.57. The molecule has 3 aliphatic heterocycles. The highest BCUT2D eigenvalue weighted by Crippen LogP contribution is 2.43. The highest BCUT2D eigenvalue weighted by molar-refractivity contribution is 5.94. The van der Waals surface area contributed by atoms with Gasteiger partial charge in [-0.2, -0.15) is 0 Å². The van der Waals surface area contributed by atoms with Crippen LogP contribution in [0.2, 0.25) is 0 Å². The fourth-order valence-corrected chi connectivity index (χ4v) is 6.95. The molecule has 4 aliphatic rings. The average Bonchev–Trinajstić information content (AvgIpc) is 3.59. The number of rotatable bonds is 8. The van der Waals surface area contributed by atoms with Gasteiger partial charge in [0, 0.05) is 36.3 Å². The molecule has 3 atom stereocenters. The van der Waals surface area contributed by atoms with Crippen molar-refractivity contribution in [3.05, 3.63) is 68.8 Å². The zero-order valence-electron chi connectivity index (χ0n) is 22.1. The van der Waals surface area contributed by atoms with E-state index in [1.807, 2.05) is 26.0 Å². The van der Waals surface area contributed by atoms with Crippen molar-refractivity contribution in [3.8, 4) is 0 Å². The normalized spacial score (nSPS) is 23.4. The van der Waals surface area contributed by atoms with Crippen LogP contribution < -0.4 is 5.32 Å². The number of nitrogens with one attached hydrogen (secondary N) is 1. The second-order valence-corrected chi connectivity index (χ2v) is 11.4. The van der Waals surface area contributed by atoms with Crippen LogP contribution in [0.3, 0.4) is 0 Å². The molecule has 38 heavy (non-hydrogen) atoms. The largest absolute Gasteiger partial charge is 0.457 e. The number of hydrogen-bond acceptors (Lipinski definition) is 8. The van der Waals surface area contributed by atoms with E-state index in [0.29, 0.717) is 30.1 Å². The van der Waals surface area contributed by atoms with Crippen molar-refractivity contribution in [3.63, 3.8) is 0 Å². The van der Waals surface area contributed by atoms with Crippen molar-refractivity contribution < 1.29 is 29.3 Å². The van der Waals surface area contributed by atoms with Crippen molar-refractivity contribution in [2.45, 2.75) is 70.5 Å². The van der Waals surface area contributed by atoms with Gasteiger partial charge < -0.3 is 29.9 Å². The van der Waals surface area contributed by atoms with Crippen LogP contribution in [0.1, 0.15) is 92.0 Å². The Morgan fingerprint density at radius 3 is 2.08 bits per heavy atom. The van der Waals surface area contributed by atoms with Crippen molar-refractivity contribution in [1.82, 2.24) is 10.2 Å². The van der Waals surface area contributed by atoms with Gasteiger partial charge in [0.2, 0.25) is 0 Å². The first-order chi connectivity index (χ1) is 18.3. The molecule has 2 fully saturated rings. The predicted molar refractivity (Wildman–Crippen MR) is 140 cm³/mol. The number of likely N-dealkylation sites (tertiary alicyclic amines) is 1. The lowest BCUT2D eigenvalue weighted by Gasteiger charge is -2.48. The second-order valence-electron chi connectivity index (χ2n) is 11.4. The van der Waals surface area contributed by atoms with Crippen LogP contribution in [0.15, 0.2) is 24.3 Å². The average molecular weight is 521 g/mol. The van der Waals surface area contributed by atoms with E-state index in [-0.39, 0.29) is 30.7 Å². The maximum absolute atomic E-state index is 11.9. The third-order valence-corrected chi connectivity index (χ3v) is 9.51. The van der Waals surface area contributed by atoms with E-state index in [1.165, 1.54) is 6.42 Å². The Kier molecular flexibility index (Phi) is 6.54. The minimum absolute atomic E-state index is 0.00553. The number of hydrogen-bond donors (Lipinski definition) is 3. The van der Waals surface area contributed by atoms with E-state index in [1.54, 1.807) is 12.1 Å². The van der Waals surface area contributed by atoms with Crippen LogP contribution in [0, 0.1) is 19.8 Å². The van der Waals surface area contributed by atoms with E-state index in [2.05, 4.69) is 10.2 Å². The van der Waals surface area contributed by atoms with Gasteiger partial charge in [0.15, 0.2) is 0 Å². The predicted octanol–water partition coefficient (Wildman–Crippen LogP) is 3.25. The van der Waals surface area contributed by atoms with Crippen molar-refractivity contribution in [1.29, 1.82) is 0 Å². The van der Waals surface area contributed by atoms with E-state index >= 15 is 0 Å². The molecule has 0 radical (unpaired) electrons. The van der Waals surface area contributed by atoms with E-state index in [0.717, 1.165) is 65.7 Å². The van der Waals surface area contributed by atoms with Gasteiger partial charge in [-0.1, -0.05) is 12.1 Å². The molecule has 1 aliphatic carbocycles. The zero-order valence-corrected chi connectivity index (χ0v) is 22.1. The van der Waals surface area contributed by atoms with E-state index in [4.69, 9.17) is 9.47 Å². The maximum Gasteiger partial charge on any atom is 0.338 e. The summed E-state index contributed by atoms with van der Waals surface area (Å²) in [6, 6.07) is 7.25. The van der Waals surface area contributed by atoms with Gasteiger partial charge in [0.25, 0.3) is 0 Å². The molecule has 6 rings (SSSR count). The molecule has 3 unspecified atom stereocenters. The third kappa shape index (κ3) is 4.24. The van der Waals surface area contributed by atoms with Crippen LogP contribution in [-0.2, 0) is 22.7 Å². The van der Waals surface area contributed by atoms with Gasteiger partial charge >= 0.3 is 11.9 Å². The lowest BCUT2D eigenvalue weighted by molar-refractivity contribution is 0.0526. The molecule has 0 spiro atoms. The topological polar surface area (TPSA) is 108 Å². The Bertz CT molecular complexity index is 1290. The van der Waals surface area contributed by atoms with Crippen molar-refractivity contribution in [2.75, 3.05) is 26.2 Å². The number of fused-ring (bicyclic) bond motifs is 2. The van der Waals surface area contributed by atoms with Crippen LogP contribution >= 0.6 is 0 Å². The quantitative estimate of drug-likeness (QED) is 0.456. The standard InChI is InChI=1S/C30H36N2O6/c1-17-20(4-6-22-24(17)15-37-28(22)35)26(33)12-31-30(9-3-10-30)19-8-11-32(13-19)14-27(34)21-5-7-23-25(18(21)2)16-38-29(23)36/h4-7,19,26-27,31,33-34H,3,8-16H2,1-2H3. The second kappa shape index (κ2) is 9.75. The number of cyclic esters (lactones) is 2. The number of aliphatic hydroxyl groups excluding tert-OH is 2. The Labute approximate surface area is 222 Å². The fraction of sp³-hybridized carbons (Fsp3) is 0.533. The molecule has 3 N–H and O–H groups in total. The number of nitrogens with zero attached hydrogens (tertiary/aromatic N) is 1. The molecule has 0 bridgehead atoms. The molecule has 1 saturated carbocycles. The summed E-state index contributed by atoms with van der Waals surface area (Å²) in [5.74, 6) is -0.123. The summed E-state index contributed by atoms with van der Waals surface area (Å²) < 4.78 is 10.3. The highest BCUT2D eigenvalue weighted by Gasteiger charge is 2.46. The molecule has 3 heterocycles. The molecular weight excluding hydrogens is 484 g/mol. The smallest absolute Gasteiger partial charge is 0.338 e. The molecular formula is C30H36N2O6. The summed E-state index contributed by atoms with van der Waals surface area (Å²) in [6.45, 7) is 7.31. The van der Waals surface area contributed by atoms with Crippen molar-refractivity contribution >= 4 is 11.9 Å². The number of ether oxygens (including phenoxy) is 2. The molecule has 202 valence electrons. The van der Waals surface area contributed by atoms with Crippen LogP contribution in [0.25, 0.3) is 0 Å². The van der Waals surface area contributed by atoms with Gasteiger partial charge in [-0.3, -0.25) is 0 Å². The first-order valence-corrected chi connectivity index (χ1v) is 13.7. The minimum atomic E-state index is -0.661. The minimum Gasteiger partial charge on any atom is -0.457 e. The summed E-state index contributed by atoms with van der Waals surface area (Å²) in [6.07, 6.45) is 3.12. The SMILES string of the molecule is Cc1c(C(O)CNC2(C3CCN(CC(O)c4ccc5c(c4C)COC5=O)C3)CCC2)ccc2c1COC2=O. The zero-order chi connectivity index (χ0) is 26.6. The summed E-state index contributed by atoms with van der Waals surface area (Å²) >= 11 is 0. The number of carbonyl (C=O) groups is 2. The number of benzene rings is 2. The van der Waals surface area contributed by atoms with Gasteiger partial charge in [0.1, 0.15) is 13.2 Å². The molecule has 8 nitrogen and oxygen atoms in total. The fourth-order valence-electron chi connectivity index (χ4n) is 6.95. The number of β-amino-alcohol motifs (C(OH)–C–C–N with tert-alkyl or cyclic N) is 2. The maximum atomic E-state index is 11.9. The van der Waals surface area contributed by atoms with E-state index in [9.17, 15) is 19.8 Å². The van der Waals surface area contributed by atoms with E-state index < -0.39 is 12.2 Å². The van der Waals surface area contributed by atoms with Gasteiger partial charge in [-0.15, -0.1) is 0 Å². The van der Waals surface area contributed by atoms with Crippen molar-refractivity contribution in [2.24, 2.45) is 5.92 Å². The van der Waals surface area contributed by atoms with Crippen LogP contribution in [-0.4, -0.2) is 58.8 Å². The summed E-state index contributed by atoms with van der Waals surface area (Å²) in [7, 11) is 0. The van der Waals surface area contributed by atoms with Gasteiger partial charge in [-0.25, -0.2) is 9.59 Å². The number of aliphatic hydroxyl groups is 2. The Morgan fingerprint density at radius 1 is 0.947 bits per heavy atom. The summed E-state index contributed by atoms with van der Waals surface area (Å²) in [4.78, 5) is 26.1. The molecule has 0 amide bonds. The Hall–Kier alpha value is -2.78. The lowest BCUT2D eigenvalue weighted by atomic mass is 9.67. The first kappa shape index (κ1) is 25.5. The third-order valence-electron chi connectivity index (χ3n) is 9.51. The molecule has 2 aromatic rings. The number of carbonyl (C=O) groups excluding carboxylic acids is 2. The Morgan fingerprint density at radius 2 is 1.53 bits per heavy atom. The molecule has 0 aromatic heterocycles. The Balaban J connectivity index is 1.08.